The zero-order chi connectivity index (χ0) is 23.1. The van der Waals surface area contributed by atoms with Crippen LogP contribution < -0.4 is 10.6 Å². The lowest BCUT2D eigenvalue weighted by molar-refractivity contribution is 0.604. The van der Waals surface area contributed by atoms with E-state index >= 15 is 8.78 Å². The highest BCUT2D eigenvalue weighted by Gasteiger charge is 2.22. The Hall–Kier alpha value is -3.36. The van der Waals surface area contributed by atoms with Gasteiger partial charge in [0.2, 0.25) is 0 Å². The van der Waals surface area contributed by atoms with E-state index in [0.29, 0.717) is 11.3 Å². The normalized spacial score (nSPS) is 20.3. The van der Waals surface area contributed by atoms with E-state index in [2.05, 4.69) is 30.6 Å². The topological polar surface area (TPSA) is 81.4 Å². The number of benzene rings is 2. The SMILES string of the molecule is Fc1cc(-c2cnc(C3CCCN3)[nH]2)c(F)cc1-c1ccc(-c2cnc([C@@H]3CCCN3)[nH]2)cc1. The van der Waals surface area contributed by atoms with Gasteiger partial charge in [0.1, 0.15) is 23.3 Å². The molecule has 4 heterocycles. The van der Waals surface area contributed by atoms with Gasteiger partial charge in [-0.05, 0) is 62.0 Å². The van der Waals surface area contributed by atoms with E-state index in [0.717, 1.165) is 61.7 Å². The minimum atomic E-state index is -0.489. The molecule has 0 saturated carbocycles. The van der Waals surface area contributed by atoms with Crippen LogP contribution in [0.4, 0.5) is 8.78 Å². The van der Waals surface area contributed by atoms with Crippen LogP contribution in [-0.2, 0) is 0 Å². The van der Waals surface area contributed by atoms with Gasteiger partial charge in [-0.25, -0.2) is 18.7 Å². The average molecular weight is 461 g/mol. The van der Waals surface area contributed by atoms with E-state index in [1.54, 1.807) is 18.3 Å². The second-order valence-electron chi connectivity index (χ2n) is 9.05. The Kier molecular flexibility index (Phi) is 5.47. The van der Waals surface area contributed by atoms with E-state index in [4.69, 9.17) is 0 Å². The second-order valence-corrected chi connectivity index (χ2v) is 9.05. The van der Waals surface area contributed by atoms with Gasteiger partial charge in [0.05, 0.1) is 35.9 Å². The smallest absolute Gasteiger partial charge is 0.133 e. The maximum Gasteiger partial charge on any atom is 0.133 e. The predicted molar refractivity (Wildman–Crippen MR) is 127 cm³/mol. The van der Waals surface area contributed by atoms with Crippen molar-refractivity contribution in [2.75, 3.05) is 13.1 Å². The predicted octanol–water partition coefficient (Wildman–Crippen LogP) is 5.26. The molecule has 8 heteroatoms. The molecular weight excluding hydrogens is 434 g/mol. The molecule has 2 fully saturated rings. The number of aromatic amines is 2. The first-order valence-electron chi connectivity index (χ1n) is 11.8. The van der Waals surface area contributed by atoms with Crippen molar-refractivity contribution in [1.82, 2.24) is 30.6 Å². The zero-order valence-corrected chi connectivity index (χ0v) is 18.7. The van der Waals surface area contributed by atoms with Crippen LogP contribution in [0.15, 0.2) is 48.8 Å². The van der Waals surface area contributed by atoms with Crippen molar-refractivity contribution in [2.45, 2.75) is 37.8 Å². The molecule has 2 aliphatic rings. The van der Waals surface area contributed by atoms with Crippen LogP contribution in [0.2, 0.25) is 0 Å². The highest BCUT2D eigenvalue weighted by Crippen LogP contribution is 2.32. The fourth-order valence-electron chi connectivity index (χ4n) is 4.95. The lowest BCUT2D eigenvalue weighted by atomic mass is 10.00. The number of H-pyrrole nitrogens is 2. The molecule has 2 aromatic heterocycles. The molecular formula is C26H26F2N6. The van der Waals surface area contributed by atoms with Crippen LogP contribution >= 0.6 is 0 Å². The molecule has 0 radical (unpaired) electrons. The fourth-order valence-corrected chi connectivity index (χ4v) is 4.95. The zero-order valence-electron chi connectivity index (χ0n) is 18.7. The molecule has 1 unspecified atom stereocenters. The summed E-state index contributed by atoms with van der Waals surface area (Å²) in [4.78, 5) is 15.4. The van der Waals surface area contributed by atoms with Crippen LogP contribution in [0.25, 0.3) is 33.6 Å². The third-order valence-electron chi connectivity index (χ3n) is 6.83. The number of nitrogens with one attached hydrogen (secondary N) is 4. The minimum Gasteiger partial charge on any atom is -0.341 e. The van der Waals surface area contributed by atoms with E-state index in [1.807, 2.05) is 18.3 Å². The highest BCUT2D eigenvalue weighted by atomic mass is 19.1. The van der Waals surface area contributed by atoms with Gasteiger partial charge in [0.25, 0.3) is 0 Å². The third kappa shape index (κ3) is 3.93. The molecule has 174 valence electrons. The largest absolute Gasteiger partial charge is 0.341 e. The van der Waals surface area contributed by atoms with Gasteiger partial charge in [-0.2, -0.15) is 0 Å². The highest BCUT2D eigenvalue weighted by molar-refractivity contribution is 5.72. The number of imidazole rings is 2. The van der Waals surface area contributed by atoms with Gasteiger partial charge < -0.3 is 20.6 Å². The first-order valence-corrected chi connectivity index (χ1v) is 11.8. The summed E-state index contributed by atoms with van der Waals surface area (Å²) in [6, 6.07) is 10.3. The Balaban J connectivity index is 1.24. The third-order valence-corrected chi connectivity index (χ3v) is 6.83. The summed E-state index contributed by atoms with van der Waals surface area (Å²) in [5, 5.41) is 6.79. The van der Waals surface area contributed by atoms with Crippen molar-refractivity contribution in [3.05, 3.63) is 72.1 Å². The average Bonchev–Trinajstić information content (AvgIpc) is 3.66. The molecule has 2 aromatic carbocycles. The number of nitrogens with zero attached hydrogens (tertiary/aromatic N) is 2. The van der Waals surface area contributed by atoms with Crippen molar-refractivity contribution >= 4 is 0 Å². The molecule has 0 spiro atoms. The lowest BCUT2D eigenvalue weighted by Gasteiger charge is -2.09. The molecule has 6 nitrogen and oxygen atoms in total. The maximum absolute atomic E-state index is 15.1. The first kappa shape index (κ1) is 21.2. The van der Waals surface area contributed by atoms with Crippen LogP contribution in [0, 0.1) is 11.6 Å². The Morgan fingerprint density at radius 3 is 1.82 bits per heavy atom. The number of rotatable bonds is 5. The van der Waals surface area contributed by atoms with E-state index in [-0.39, 0.29) is 23.2 Å². The molecule has 4 N–H and O–H groups in total. The van der Waals surface area contributed by atoms with Gasteiger partial charge in [0.15, 0.2) is 0 Å². The summed E-state index contributed by atoms with van der Waals surface area (Å²) in [7, 11) is 0. The first-order chi connectivity index (χ1) is 16.7. The molecule has 4 aromatic rings. The Labute approximate surface area is 196 Å². The number of hydrogen-bond donors (Lipinski definition) is 4. The standard InChI is InChI=1S/C26H26F2N6/c27-19-12-18(24-14-32-26(34-24)22-4-2-10-30-22)20(28)11-17(19)15-5-7-16(8-6-15)23-13-31-25(33-23)21-3-1-9-29-21/h5-8,11-14,21-22,29-30H,1-4,9-10H2,(H,31,33)(H,32,34)/t21-,22?/m0/s1. The Morgan fingerprint density at radius 2 is 1.21 bits per heavy atom. The van der Waals surface area contributed by atoms with Crippen molar-refractivity contribution in [3.63, 3.8) is 0 Å². The second kappa shape index (κ2) is 8.77. The molecule has 2 saturated heterocycles. The quantitative estimate of drug-likeness (QED) is 0.327. The van der Waals surface area contributed by atoms with Gasteiger partial charge in [-0.1, -0.05) is 24.3 Å². The molecule has 2 aliphatic heterocycles. The van der Waals surface area contributed by atoms with Crippen molar-refractivity contribution in [2.24, 2.45) is 0 Å². The summed E-state index contributed by atoms with van der Waals surface area (Å²) in [6.07, 6.45) is 7.67. The van der Waals surface area contributed by atoms with E-state index < -0.39 is 11.6 Å². The van der Waals surface area contributed by atoms with Crippen molar-refractivity contribution in [3.8, 4) is 33.6 Å². The molecule has 2 atom stereocenters. The molecule has 0 amide bonds. The monoisotopic (exact) mass is 460 g/mol. The number of hydrogen-bond acceptors (Lipinski definition) is 4. The fraction of sp³-hybridized carbons (Fsp3) is 0.308. The van der Waals surface area contributed by atoms with Crippen molar-refractivity contribution < 1.29 is 8.78 Å². The number of aromatic nitrogens is 4. The molecule has 0 bridgehead atoms. The lowest BCUT2D eigenvalue weighted by Crippen LogP contribution is -2.14. The van der Waals surface area contributed by atoms with Gasteiger partial charge in [-0.3, -0.25) is 0 Å². The van der Waals surface area contributed by atoms with Gasteiger partial charge in [0, 0.05) is 11.1 Å². The van der Waals surface area contributed by atoms with Gasteiger partial charge >= 0.3 is 0 Å². The summed E-state index contributed by atoms with van der Waals surface area (Å²) < 4.78 is 30.1. The molecule has 34 heavy (non-hydrogen) atoms. The van der Waals surface area contributed by atoms with Crippen LogP contribution in [0.1, 0.15) is 49.4 Å². The molecule has 6 rings (SSSR count). The maximum atomic E-state index is 15.1. The number of halogens is 2. The molecule has 0 aliphatic carbocycles. The minimum absolute atomic E-state index is 0.139. The summed E-state index contributed by atoms with van der Waals surface area (Å²) in [5.74, 6) is 0.733. The summed E-state index contributed by atoms with van der Waals surface area (Å²) in [6.45, 7) is 1.95. The van der Waals surface area contributed by atoms with Crippen LogP contribution in [0.5, 0.6) is 0 Å². The Morgan fingerprint density at radius 1 is 0.676 bits per heavy atom. The Bertz CT molecular complexity index is 1300. The van der Waals surface area contributed by atoms with E-state index in [9.17, 15) is 0 Å². The van der Waals surface area contributed by atoms with Crippen LogP contribution in [0.3, 0.4) is 0 Å². The van der Waals surface area contributed by atoms with E-state index in [1.165, 1.54) is 12.1 Å². The summed E-state index contributed by atoms with van der Waals surface area (Å²) >= 11 is 0. The van der Waals surface area contributed by atoms with Crippen molar-refractivity contribution in [1.29, 1.82) is 0 Å². The van der Waals surface area contributed by atoms with Gasteiger partial charge in [-0.15, -0.1) is 0 Å². The summed E-state index contributed by atoms with van der Waals surface area (Å²) in [5.41, 5.74) is 3.36. The van der Waals surface area contributed by atoms with Crippen LogP contribution in [-0.4, -0.2) is 33.0 Å².